The molecule has 1 aromatic heterocycles. The fourth-order valence-electron chi connectivity index (χ4n) is 1.68. The maximum Gasteiger partial charge on any atom is 0.0221 e. The first-order valence-corrected chi connectivity index (χ1v) is 5.80. The molecule has 0 spiro atoms. The first kappa shape index (κ1) is 12.3. The second kappa shape index (κ2) is 6.64. The van der Waals surface area contributed by atoms with E-state index in [1.165, 1.54) is 5.56 Å². The number of rotatable bonds is 7. The highest BCUT2D eigenvalue weighted by atomic mass is 15.1. The minimum Gasteiger partial charge on any atom is -0.357 e. The van der Waals surface area contributed by atoms with E-state index in [4.69, 9.17) is 0 Å². The molecule has 3 heteroatoms. The van der Waals surface area contributed by atoms with Gasteiger partial charge >= 0.3 is 0 Å². The third-order valence-electron chi connectivity index (χ3n) is 2.72. The van der Waals surface area contributed by atoms with Gasteiger partial charge in [0.15, 0.2) is 0 Å². The van der Waals surface area contributed by atoms with Crippen LogP contribution in [0.4, 0.5) is 0 Å². The van der Waals surface area contributed by atoms with Crippen LogP contribution in [-0.4, -0.2) is 35.6 Å². The van der Waals surface area contributed by atoms with Crippen LogP contribution >= 0.6 is 0 Å². The van der Waals surface area contributed by atoms with E-state index in [-0.39, 0.29) is 0 Å². The maximum absolute atomic E-state index is 3.46. The number of aromatic nitrogens is 1. The summed E-state index contributed by atoms with van der Waals surface area (Å²) in [6, 6.07) is 2.16. The first-order chi connectivity index (χ1) is 7.26. The second-order valence-electron chi connectivity index (χ2n) is 3.89. The molecule has 0 aliphatic rings. The average molecular weight is 209 g/mol. The van der Waals surface area contributed by atoms with Crippen molar-refractivity contribution in [1.29, 1.82) is 0 Å². The lowest BCUT2D eigenvalue weighted by Gasteiger charge is -2.17. The van der Waals surface area contributed by atoms with E-state index in [0.29, 0.717) is 0 Å². The van der Waals surface area contributed by atoms with Gasteiger partial charge in [0.1, 0.15) is 0 Å². The lowest BCUT2D eigenvalue weighted by molar-refractivity contribution is 0.302. The quantitative estimate of drug-likeness (QED) is 0.686. The average Bonchev–Trinajstić information content (AvgIpc) is 2.65. The van der Waals surface area contributed by atoms with Crippen molar-refractivity contribution in [3.8, 4) is 0 Å². The van der Waals surface area contributed by atoms with E-state index < -0.39 is 0 Å². The molecule has 15 heavy (non-hydrogen) atoms. The van der Waals surface area contributed by atoms with Crippen LogP contribution in [0.3, 0.4) is 0 Å². The number of likely N-dealkylation sites (N-methyl/N-ethyl adjacent to an activating group) is 1. The van der Waals surface area contributed by atoms with Gasteiger partial charge in [-0.3, -0.25) is 0 Å². The van der Waals surface area contributed by atoms with Crippen LogP contribution in [0, 0.1) is 0 Å². The van der Waals surface area contributed by atoms with E-state index >= 15 is 0 Å². The largest absolute Gasteiger partial charge is 0.357 e. The molecular weight excluding hydrogens is 186 g/mol. The van der Waals surface area contributed by atoms with E-state index in [1.54, 1.807) is 0 Å². The number of hydrogen-bond acceptors (Lipinski definition) is 2. The van der Waals surface area contributed by atoms with Gasteiger partial charge in [-0.25, -0.2) is 0 Å². The zero-order valence-electron chi connectivity index (χ0n) is 10.2. The molecule has 0 unspecified atom stereocenters. The fraction of sp³-hybridized carbons (Fsp3) is 0.667. The summed E-state index contributed by atoms with van der Waals surface area (Å²) in [4.78, 5) is 2.43. The lowest BCUT2D eigenvalue weighted by atomic mass is 10.3. The molecule has 0 atom stereocenters. The van der Waals surface area contributed by atoms with Crippen molar-refractivity contribution >= 4 is 0 Å². The molecule has 0 amide bonds. The Labute approximate surface area is 93.1 Å². The minimum atomic E-state index is 0.974. The summed E-state index contributed by atoms with van der Waals surface area (Å²) in [5, 5.41) is 3.46. The van der Waals surface area contributed by atoms with Crippen LogP contribution in [0.1, 0.15) is 19.4 Å². The molecule has 0 saturated heterocycles. The van der Waals surface area contributed by atoms with Crippen molar-refractivity contribution in [3.63, 3.8) is 0 Å². The van der Waals surface area contributed by atoms with Gasteiger partial charge in [-0.1, -0.05) is 13.8 Å². The predicted octanol–water partition coefficient (Wildman–Crippen LogP) is 1.46. The van der Waals surface area contributed by atoms with Gasteiger partial charge in [-0.15, -0.1) is 0 Å². The van der Waals surface area contributed by atoms with E-state index in [2.05, 4.69) is 54.1 Å². The van der Waals surface area contributed by atoms with Gasteiger partial charge in [0.05, 0.1) is 0 Å². The summed E-state index contributed by atoms with van der Waals surface area (Å²) in [7, 11) is 2.05. The van der Waals surface area contributed by atoms with Crippen molar-refractivity contribution in [2.24, 2.45) is 7.05 Å². The van der Waals surface area contributed by atoms with Gasteiger partial charge in [0.25, 0.3) is 0 Å². The standard InChI is InChI=1S/C12H23N3/c1-4-15(5-2)9-7-13-10-12-6-8-14(3)11-12/h6,8,11,13H,4-5,7,9-10H2,1-3H3. The van der Waals surface area contributed by atoms with Crippen LogP contribution in [0.5, 0.6) is 0 Å². The molecule has 0 bridgehead atoms. The molecule has 0 fully saturated rings. The molecule has 1 rings (SSSR count). The summed E-state index contributed by atoms with van der Waals surface area (Å²) >= 11 is 0. The molecule has 1 N–H and O–H groups in total. The Bertz CT molecular complexity index is 264. The van der Waals surface area contributed by atoms with Crippen LogP contribution in [0.2, 0.25) is 0 Å². The molecule has 86 valence electrons. The molecule has 0 aromatic carbocycles. The highest BCUT2D eigenvalue weighted by Crippen LogP contribution is 1.98. The Kier molecular flexibility index (Phi) is 5.43. The topological polar surface area (TPSA) is 20.2 Å². The van der Waals surface area contributed by atoms with Crippen molar-refractivity contribution in [2.75, 3.05) is 26.2 Å². The lowest BCUT2D eigenvalue weighted by Crippen LogP contribution is -2.31. The Hall–Kier alpha value is -0.800. The highest BCUT2D eigenvalue weighted by molar-refractivity contribution is 5.09. The summed E-state index contributed by atoms with van der Waals surface area (Å²) in [5.74, 6) is 0. The smallest absolute Gasteiger partial charge is 0.0221 e. The van der Waals surface area contributed by atoms with Crippen LogP contribution in [0.25, 0.3) is 0 Å². The Morgan fingerprint density at radius 3 is 2.60 bits per heavy atom. The summed E-state index contributed by atoms with van der Waals surface area (Å²) in [6.45, 7) is 9.88. The molecule has 0 aliphatic heterocycles. The molecule has 1 heterocycles. The number of aryl methyl sites for hydroxylation is 1. The highest BCUT2D eigenvalue weighted by Gasteiger charge is 1.98. The number of nitrogens with one attached hydrogen (secondary N) is 1. The normalized spacial score (nSPS) is 11.2. The van der Waals surface area contributed by atoms with E-state index in [9.17, 15) is 0 Å². The predicted molar refractivity (Wildman–Crippen MR) is 64.9 cm³/mol. The zero-order chi connectivity index (χ0) is 11.1. The zero-order valence-corrected chi connectivity index (χ0v) is 10.2. The maximum atomic E-state index is 3.46. The van der Waals surface area contributed by atoms with E-state index in [1.807, 2.05) is 0 Å². The molecule has 1 aromatic rings. The summed E-state index contributed by atoms with van der Waals surface area (Å²) < 4.78 is 2.08. The second-order valence-corrected chi connectivity index (χ2v) is 3.89. The summed E-state index contributed by atoms with van der Waals surface area (Å²) in [6.07, 6.45) is 4.24. The van der Waals surface area contributed by atoms with Gasteiger partial charge in [-0.05, 0) is 24.7 Å². The van der Waals surface area contributed by atoms with E-state index in [0.717, 1.165) is 32.7 Å². The molecular formula is C12H23N3. The van der Waals surface area contributed by atoms with Gasteiger partial charge in [0.2, 0.25) is 0 Å². The SMILES string of the molecule is CCN(CC)CCNCc1ccn(C)c1. The van der Waals surface area contributed by atoms with Gasteiger partial charge in [0, 0.05) is 39.1 Å². The van der Waals surface area contributed by atoms with Gasteiger partial charge < -0.3 is 14.8 Å². The van der Waals surface area contributed by atoms with Crippen LogP contribution in [0.15, 0.2) is 18.5 Å². The van der Waals surface area contributed by atoms with Crippen molar-refractivity contribution < 1.29 is 0 Å². The van der Waals surface area contributed by atoms with Crippen LogP contribution in [-0.2, 0) is 13.6 Å². The Balaban J connectivity index is 2.11. The monoisotopic (exact) mass is 209 g/mol. The van der Waals surface area contributed by atoms with Crippen molar-refractivity contribution in [1.82, 2.24) is 14.8 Å². The summed E-state index contributed by atoms with van der Waals surface area (Å²) in [5.41, 5.74) is 1.36. The van der Waals surface area contributed by atoms with Crippen molar-refractivity contribution in [2.45, 2.75) is 20.4 Å². The van der Waals surface area contributed by atoms with Crippen LogP contribution < -0.4 is 5.32 Å². The third-order valence-corrected chi connectivity index (χ3v) is 2.72. The minimum absolute atomic E-state index is 0.974. The molecule has 0 aliphatic carbocycles. The Morgan fingerprint density at radius 1 is 1.33 bits per heavy atom. The fourth-order valence-corrected chi connectivity index (χ4v) is 1.68. The van der Waals surface area contributed by atoms with Crippen molar-refractivity contribution in [3.05, 3.63) is 24.0 Å². The number of hydrogen-bond donors (Lipinski definition) is 1. The Morgan fingerprint density at radius 2 is 2.07 bits per heavy atom. The molecule has 3 nitrogen and oxygen atoms in total. The molecule has 0 radical (unpaired) electrons. The number of nitrogens with zero attached hydrogens (tertiary/aromatic N) is 2. The van der Waals surface area contributed by atoms with Gasteiger partial charge in [-0.2, -0.15) is 0 Å². The third kappa shape index (κ3) is 4.49. The molecule has 0 saturated carbocycles. The first-order valence-electron chi connectivity index (χ1n) is 5.80.